The summed E-state index contributed by atoms with van der Waals surface area (Å²) < 4.78 is 18.9. The number of benzene rings is 1. The van der Waals surface area contributed by atoms with Crippen molar-refractivity contribution in [3.8, 4) is 5.75 Å². The van der Waals surface area contributed by atoms with E-state index in [9.17, 15) is 4.39 Å². The zero-order valence-electron chi connectivity index (χ0n) is 14.6. The molecule has 2 rings (SSSR count). The summed E-state index contributed by atoms with van der Waals surface area (Å²) in [6, 6.07) is 3.18. The highest BCUT2D eigenvalue weighted by atomic mass is 19.1. The van der Waals surface area contributed by atoms with Gasteiger partial charge < -0.3 is 15.0 Å². The Balaban J connectivity index is 2.36. The van der Waals surface area contributed by atoms with Crippen molar-refractivity contribution in [3.63, 3.8) is 0 Å². The maximum atomic E-state index is 13.8. The van der Waals surface area contributed by atoms with Crippen LogP contribution in [0.1, 0.15) is 20.8 Å². The van der Waals surface area contributed by atoms with E-state index in [0.29, 0.717) is 11.3 Å². The molecule has 1 aromatic heterocycles. The normalized spacial score (nSPS) is 13.4. The highest BCUT2D eigenvalue weighted by Crippen LogP contribution is 2.30. The predicted molar refractivity (Wildman–Crippen MR) is 91.5 cm³/mol. The highest BCUT2D eigenvalue weighted by Gasteiger charge is 2.27. The van der Waals surface area contributed by atoms with Crippen LogP contribution in [-0.4, -0.2) is 48.7 Å². The molecular weight excluding hydrogens is 295 g/mol. The molecule has 1 heterocycles. The monoisotopic (exact) mass is 320 g/mol. The van der Waals surface area contributed by atoms with Crippen molar-refractivity contribution < 1.29 is 9.13 Å². The SMILES string of the molecule is COc1cc2c(NC(C)C(C)(C)CN(C)C)ncnc2cc1F. The largest absolute Gasteiger partial charge is 0.494 e. The molecule has 1 aromatic carbocycles. The summed E-state index contributed by atoms with van der Waals surface area (Å²) in [5, 5.41) is 4.19. The van der Waals surface area contributed by atoms with Crippen molar-refractivity contribution >= 4 is 16.7 Å². The number of anilines is 1. The topological polar surface area (TPSA) is 50.3 Å². The minimum atomic E-state index is -0.425. The van der Waals surface area contributed by atoms with Crippen LogP contribution in [-0.2, 0) is 0 Å². The van der Waals surface area contributed by atoms with Gasteiger partial charge in [0, 0.05) is 24.0 Å². The van der Waals surface area contributed by atoms with Crippen LogP contribution in [0.25, 0.3) is 10.9 Å². The maximum Gasteiger partial charge on any atom is 0.167 e. The first-order valence-electron chi connectivity index (χ1n) is 7.64. The van der Waals surface area contributed by atoms with Crippen LogP contribution in [0, 0.1) is 11.2 Å². The Hall–Kier alpha value is -1.95. The second-order valence-corrected chi connectivity index (χ2v) is 6.82. The molecule has 0 fully saturated rings. The van der Waals surface area contributed by atoms with E-state index in [1.165, 1.54) is 19.5 Å². The summed E-state index contributed by atoms with van der Waals surface area (Å²) in [6.07, 6.45) is 1.45. The van der Waals surface area contributed by atoms with E-state index < -0.39 is 5.82 Å². The number of methoxy groups -OCH3 is 1. The number of nitrogens with one attached hydrogen (secondary N) is 1. The van der Waals surface area contributed by atoms with Crippen molar-refractivity contribution in [1.29, 1.82) is 0 Å². The Morgan fingerprint density at radius 1 is 1.30 bits per heavy atom. The van der Waals surface area contributed by atoms with Crippen LogP contribution in [0.15, 0.2) is 18.5 Å². The fourth-order valence-corrected chi connectivity index (χ4v) is 2.68. The minimum absolute atomic E-state index is 0.0326. The Labute approximate surface area is 136 Å². The second kappa shape index (κ2) is 6.66. The lowest BCUT2D eigenvalue weighted by atomic mass is 9.85. The first-order valence-corrected chi connectivity index (χ1v) is 7.64. The molecule has 5 nitrogen and oxygen atoms in total. The number of halogens is 1. The average Bonchev–Trinajstić information content (AvgIpc) is 2.45. The standard InChI is InChI=1S/C17H25FN4O/c1-11(17(2,3)9-22(4)5)21-16-12-7-15(23-6)13(18)8-14(12)19-10-20-16/h7-8,10-11H,9H2,1-6H3,(H,19,20,21). The van der Waals surface area contributed by atoms with Gasteiger partial charge in [-0.15, -0.1) is 0 Å². The molecule has 0 saturated heterocycles. The molecular formula is C17H25FN4O. The molecule has 6 heteroatoms. The molecule has 23 heavy (non-hydrogen) atoms. The van der Waals surface area contributed by atoms with Crippen molar-refractivity contribution in [3.05, 3.63) is 24.3 Å². The van der Waals surface area contributed by atoms with E-state index in [0.717, 1.165) is 11.9 Å². The van der Waals surface area contributed by atoms with E-state index in [-0.39, 0.29) is 17.2 Å². The Morgan fingerprint density at radius 2 is 2.00 bits per heavy atom. The van der Waals surface area contributed by atoms with Gasteiger partial charge in [-0.05, 0) is 32.5 Å². The first-order chi connectivity index (χ1) is 10.7. The van der Waals surface area contributed by atoms with Crippen LogP contribution >= 0.6 is 0 Å². The number of rotatable bonds is 6. The lowest BCUT2D eigenvalue weighted by Crippen LogP contribution is -2.41. The van der Waals surface area contributed by atoms with E-state index in [2.05, 4.69) is 55.1 Å². The van der Waals surface area contributed by atoms with Gasteiger partial charge in [-0.1, -0.05) is 13.8 Å². The second-order valence-electron chi connectivity index (χ2n) is 6.82. The molecule has 1 atom stereocenters. The van der Waals surface area contributed by atoms with Crippen molar-refractivity contribution in [2.45, 2.75) is 26.8 Å². The summed E-state index contributed by atoms with van der Waals surface area (Å²) >= 11 is 0. The van der Waals surface area contributed by atoms with Gasteiger partial charge in [0.15, 0.2) is 11.6 Å². The minimum Gasteiger partial charge on any atom is -0.494 e. The molecule has 0 aliphatic carbocycles. The smallest absolute Gasteiger partial charge is 0.167 e. The maximum absolute atomic E-state index is 13.8. The van der Waals surface area contributed by atoms with Gasteiger partial charge in [0.25, 0.3) is 0 Å². The summed E-state index contributed by atoms with van der Waals surface area (Å²) in [4.78, 5) is 10.6. The number of ether oxygens (including phenoxy) is 1. The van der Waals surface area contributed by atoms with Gasteiger partial charge in [-0.3, -0.25) is 0 Å². The van der Waals surface area contributed by atoms with Crippen LogP contribution < -0.4 is 10.1 Å². The molecule has 0 amide bonds. The van der Waals surface area contributed by atoms with Gasteiger partial charge in [0.2, 0.25) is 0 Å². The molecule has 1 N–H and O–H groups in total. The average molecular weight is 320 g/mol. The fourth-order valence-electron chi connectivity index (χ4n) is 2.68. The number of nitrogens with zero attached hydrogens (tertiary/aromatic N) is 3. The Bertz CT molecular complexity index is 688. The van der Waals surface area contributed by atoms with Gasteiger partial charge in [-0.25, -0.2) is 14.4 Å². The van der Waals surface area contributed by atoms with Gasteiger partial charge in [0.1, 0.15) is 12.1 Å². The van der Waals surface area contributed by atoms with Gasteiger partial charge in [0.05, 0.1) is 12.6 Å². The summed E-state index contributed by atoms with van der Waals surface area (Å²) in [7, 11) is 5.56. The lowest BCUT2D eigenvalue weighted by molar-refractivity contribution is 0.217. The number of hydrogen-bond acceptors (Lipinski definition) is 5. The third-order valence-corrected chi connectivity index (χ3v) is 4.16. The van der Waals surface area contributed by atoms with Gasteiger partial charge in [-0.2, -0.15) is 0 Å². The molecule has 0 aliphatic heterocycles. The number of aromatic nitrogens is 2. The summed E-state index contributed by atoms with van der Waals surface area (Å²) in [6.45, 7) is 7.46. The third-order valence-electron chi connectivity index (χ3n) is 4.16. The summed E-state index contributed by atoms with van der Waals surface area (Å²) in [5.74, 6) is 0.453. The van der Waals surface area contributed by atoms with Gasteiger partial charge >= 0.3 is 0 Å². The van der Waals surface area contributed by atoms with E-state index >= 15 is 0 Å². The number of fused-ring (bicyclic) bond motifs is 1. The molecule has 1 unspecified atom stereocenters. The van der Waals surface area contributed by atoms with Crippen molar-refractivity contribution in [2.75, 3.05) is 33.1 Å². The molecule has 2 aromatic rings. The first kappa shape index (κ1) is 17.4. The van der Waals surface area contributed by atoms with Crippen LogP contribution in [0.4, 0.5) is 10.2 Å². The van der Waals surface area contributed by atoms with E-state index in [1.54, 1.807) is 6.07 Å². The number of hydrogen-bond donors (Lipinski definition) is 1. The van der Waals surface area contributed by atoms with E-state index in [4.69, 9.17) is 4.74 Å². The van der Waals surface area contributed by atoms with Crippen molar-refractivity contribution in [2.24, 2.45) is 5.41 Å². The summed E-state index contributed by atoms with van der Waals surface area (Å²) in [5.41, 5.74) is 0.587. The van der Waals surface area contributed by atoms with Crippen LogP contribution in [0.5, 0.6) is 5.75 Å². The molecule has 0 spiro atoms. The Morgan fingerprint density at radius 3 is 2.61 bits per heavy atom. The lowest BCUT2D eigenvalue weighted by Gasteiger charge is -2.35. The third kappa shape index (κ3) is 3.88. The zero-order valence-corrected chi connectivity index (χ0v) is 14.6. The molecule has 0 saturated carbocycles. The van der Waals surface area contributed by atoms with Crippen molar-refractivity contribution in [1.82, 2.24) is 14.9 Å². The Kier molecular flexibility index (Phi) is 5.04. The molecule has 0 radical (unpaired) electrons. The molecule has 0 aliphatic rings. The molecule has 0 bridgehead atoms. The predicted octanol–water partition coefficient (Wildman–Crippen LogP) is 3.17. The van der Waals surface area contributed by atoms with Crippen LogP contribution in [0.2, 0.25) is 0 Å². The zero-order chi connectivity index (χ0) is 17.2. The van der Waals surface area contributed by atoms with E-state index in [1.807, 2.05) is 0 Å². The molecule has 126 valence electrons. The quantitative estimate of drug-likeness (QED) is 0.886. The highest BCUT2D eigenvalue weighted by molar-refractivity contribution is 5.90. The van der Waals surface area contributed by atoms with Crippen LogP contribution in [0.3, 0.4) is 0 Å². The fraction of sp³-hybridized carbons (Fsp3) is 0.529.